The van der Waals surface area contributed by atoms with Crippen LogP contribution in [0, 0.1) is 0 Å². The van der Waals surface area contributed by atoms with Crippen LogP contribution in [0.15, 0.2) is 54.6 Å². The van der Waals surface area contributed by atoms with E-state index in [-0.39, 0.29) is 32.7 Å². The van der Waals surface area contributed by atoms with Crippen molar-refractivity contribution in [1.82, 2.24) is 0 Å². The maximum absolute atomic E-state index is 6.12. The van der Waals surface area contributed by atoms with Crippen molar-refractivity contribution >= 4 is 0 Å². The minimum Gasteiger partial charge on any atom is -0.493 e. The van der Waals surface area contributed by atoms with Crippen LogP contribution in [0.5, 0.6) is 11.5 Å². The second kappa shape index (κ2) is 12.6. The molecule has 149 valence electrons. The number of quaternary nitrogens is 1. The summed E-state index contributed by atoms with van der Waals surface area (Å²) in [5, 5.41) is 0. The van der Waals surface area contributed by atoms with Gasteiger partial charge in [0.05, 0.1) is 19.7 Å². The van der Waals surface area contributed by atoms with Crippen LogP contribution in [0.3, 0.4) is 0 Å². The van der Waals surface area contributed by atoms with E-state index < -0.39 is 0 Å². The fraction of sp³-hybridized carbons (Fsp3) is 0.500. The van der Waals surface area contributed by atoms with Gasteiger partial charge >= 0.3 is 0 Å². The van der Waals surface area contributed by atoms with Gasteiger partial charge in [0.25, 0.3) is 0 Å². The van der Waals surface area contributed by atoms with E-state index in [4.69, 9.17) is 9.47 Å². The van der Waals surface area contributed by atoms with E-state index in [1.165, 1.54) is 37.9 Å². The van der Waals surface area contributed by atoms with Gasteiger partial charge in [-0.2, -0.15) is 0 Å². The van der Waals surface area contributed by atoms with Crippen LogP contribution in [0.25, 0.3) is 0 Å². The number of piperidine rings is 1. The van der Waals surface area contributed by atoms with Crippen LogP contribution in [0.4, 0.5) is 0 Å². The molecule has 0 unspecified atom stereocenters. The van der Waals surface area contributed by atoms with Gasteiger partial charge in [0.1, 0.15) is 31.2 Å². The average Bonchev–Trinajstić information content (AvgIpc) is 2.70. The van der Waals surface area contributed by atoms with Crippen molar-refractivity contribution in [2.75, 3.05) is 32.8 Å². The predicted octanol–water partition coefficient (Wildman–Crippen LogP) is 5.44. The molecule has 0 N–H and O–H groups in total. The second-order valence-corrected chi connectivity index (χ2v) is 7.74. The number of hydrogen-bond acceptors (Lipinski definition) is 2. The van der Waals surface area contributed by atoms with Crippen molar-refractivity contribution in [3.05, 3.63) is 60.2 Å². The Bertz CT molecular complexity index is 671. The van der Waals surface area contributed by atoms with Gasteiger partial charge in [0.15, 0.2) is 0 Å². The molecule has 2 aromatic carbocycles. The summed E-state index contributed by atoms with van der Waals surface area (Å²) in [5.74, 6) is 1.82. The van der Waals surface area contributed by atoms with Crippen LogP contribution in [-0.2, 0) is 39.3 Å². The molecule has 0 saturated carbocycles. The fourth-order valence-corrected chi connectivity index (χ4v) is 3.96. The number of unbranched alkanes of at least 4 members (excludes halogenated alkanes) is 1. The third kappa shape index (κ3) is 7.50. The SMILES string of the molecule is CCCCOc1cccc(OCC[N+]2(Cc3ccccc3)CCCCC2)c1.[Y]. The van der Waals surface area contributed by atoms with E-state index in [1.54, 1.807) is 0 Å². The number of nitrogens with zero attached hydrogens (tertiary/aromatic N) is 1. The van der Waals surface area contributed by atoms with Crippen LogP contribution in [0.1, 0.15) is 44.6 Å². The summed E-state index contributed by atoms with van der Waals surface area (Å²) in [5.41, 5.74) is 1.44. The van der Waals surface area contributed by atoms with Gasteiger partial charge in [0, 0.05) is 44.3 Å². The first-order valence-corrected chi connectivity index (χ1v) is 10.5. The molecule has 1 radical (unpaired) electrons. The molecule has 1 fully saturated rings. The van der Waals surface area contributed by atoms with E-state index >= 15 is 0 Å². The summed E-state index contributed by atoms with van der Waals surface area (Å²) >= 11 is 0. The van der Waals surface area contributed by atoms with Gasteiger partial charge in [0.2, 0.25) is 0 Å². The maximum atomic E-state index is 6.12. The van der Waals surface area contributed by atoms with Gasteiger partial charge in [-0.05, 0) is 37.8 Å². The molecule has 0 spiro atoms. The Hall–Kier alpha value is -0.896. The topological polar surface area (TPSA) is 18.5 Å². The van der Waals surface area contributed by atoms with Crippen LogP contribution >= 0.6 is 0 Å². The zero-order valence-electron chi connectivity index (χ0n) is 17.3. The molecule has 3 nitrogen and oxygen atoms in total. The standard InChI is InChI=1S/C24H34NO2.Y/c1-2-3-18-26-23-13-10-14-24(20-23)27-19-17-25(15-8-5-9-16-25)21-22-11-6-4-7-12-22;/h4,6-7,10-14,20H,2-3,5,8-9,15-19,21H2,1H3;/q+1;. The Morgan fingerprint density at radius 1 is 0.821 bits per heavy atom. The summed E-state index contributed by atoms with van der Waals surface area (Å²) in [6.45, 7) is 8.41. The predicted molar refractivity (Wildman–Crippen MR) is 111 cm³/mol. The molecule has 4 heteroatoms. The Morgan fingerprint density at radius 3 is 2.18 bits per heavy atom. The van der Waals surface area contributed by atoms with Crippen molar-refractivity contribution < 1.29 is 46.7 Å². The molecule has 1 heterocycles. The quantitative estimate of drug-likeness (QED) is 0.349. The molecule has 1 aliphatic rings. The normalized spacial score (nSPS) is 15.5. The Labute approximate surface area is 195 Å². The summed E-state index contributed by atoms with van der Waals surface area (Å²) in [7, 11) is 0. The van der Waals surface area contributed by atoms with Gasteiger partial charge in [-0.25, -0.2) is 0 Å². The van der Waals surface area contributed by atoms with Crippen LogP contribution in [-0.4, -0.2) is 37.3 Å². The van der Waals surface area contributed by atoms with Crippen LogP contribution in [0.2, 0.25) is 0 Å². The van der Waals surface area contributed by atoms with E-state index in [0.717, 1.165) is 55.1 Å². The van der Waals surface area contributed by atoms with Gasteiger partial charge in [-0.1, -0.05) is 49.7 Å². The minimum atomic E-state index is 0. The molecule has 0 amide bonds. The van der Waals surface area contributed by atoms with E-state index in [9.17, 15) is 0 Å². The fourth-order valence-electron chi connectivity index (χ4n) is 3.96. The Balaban J connectivity index is 0.00000280. The monoisotopic (exact) mass is 457 g/mol. The molecule has 1 saturated heterocycles. The first-order valence-electron chi connectivity index (χ1n) is 10.5. The van der Waals surface area contributed by atoms with Gasteiger partial charge in [-0.3, -0.25) is 0 Å². The van der Waals surface area contributed by atoms with Crippen molar-refractivity contribution in [2.24, 2.45) is 0 Å². The number of ether oxygens (including phenoxy) is 2. The summed E-state index contributed by atoms with van der Waals surface area (Å²) in [6, 6.07) is 19.0. The molecule has 0 atom stereocenters. The Morgan fingerprint density at radius 2 is 1.50 bits per heavy atom. The average molecular weight is 457 g/mol. The molecule has 28 heavy (non-hydrogen) atoms. The van der Waals surface area contributed by atoms with Gasteiger partial charge in [-0.15, -0.1) is 0 Å². The molecule has 1 aliphatic heterocycles. The number of benzene rings is 2. The smallest absolute Gasteiger partial charge is 0.137 e. The summed E-state index contributed by atoms with van der Waals surface area (Å²) < 4.78 is 13.1. The zero-order valence-corrected chi connectivity index (χ0v) is 20.2. The van der Waals surface area contributed by atoms with Crippen molar-refractivity contribution in [3.8, 4) is 11.5 Å². The molecule has 3 rings (SSSR count). The molecule has 0 bridgehead atoms. The van der Waals surface area contributed by atoms with E-state index in [0.29, 0.717) is 0 Å². The van der Waals surface area contributed by atoms with Crippen molar-refractivity contribution in [3.63, 3.8) is 0 Å². The maximum Gasteiger partial charge on any atom is 0.137 e. The molecule has 0 aromatic heterocycles. The first-order chi connectivity index (χ1) is 13.3. The molecular weight excluding hydrogens is 423 g/mol. The van der Waals surface area contributed by atoms with E-state index in [2.05, 4.69) is 37.3 Å². The third-order valence-corrected chi connectivity index (χ3v) is 5.53. The summed E-state index contributed by atoms with van der Waals surface area (Å²) in [4.78, 5) is 0. The number of rotatable bonds is 10. The van der Waals surface area contributed by atoms with Crippen molar-refractivity contribution in [1.29, 1.82) is 0 Å². The second-order valence-electron chi connectivity index (χ2n) is 7.74. The third-order valence-electron chi connectivity index (χ3n) is 5.53. The number of likely N-dealkylation sites (tertiary alicyclic amines) is 1. The number of hydrogen-bond donors (Lipinski definition) is 0. The Kier molecular flexibility index (Phi) is 10.5. The van der Waals surface area contributed by atoms with Crippen molar-refractivity contribution in [2.45, 2.75) is 45.6 Å². The summed E-state index contributed by atoms with van der Waals surface area (Å²) in [6.07, 6.45) is 6.26. The van der Waals surface area contributed by atoms with Gasteiger partial charge < -0.3 is 14.0 Å². The molecular formula is C24H34NO2Y+. The minimum absolute atomic E-state index is 0. The first kappa shape index (κ1) is 23.4. The zero-order chi connectivity index (χ0) is 18.8. The van der Waals surface area contributed by atoms with Crippen LogP contribution < -0.4 is 9.47 Å². The molecule has 0 aliphatic carbocycles. The van der Waals surface area contributed by atoms with E-state index in [1.807, 2.05) is 24.3 Å². The largest absolute Gasteiger partial charge is 0.493 e. The molecule has 2 aromatic rings.